The number of aromatic nitrogens is 1. The zero-order valence-electron chi connectivity index (χ0n) is 10.5. The summed E-state index contributed by atoms with van der Waals surface area (Å²) in [6.07, 6.45) is 3.84. The van der Waals surface area contributed by atoms with Crippen molar-refractivity contribution >= 4 is 12.0 Å². The van der Waals surface area contributed by atoms with E-state index >= 15 is 0 Å². The van der Waals surface area contributed by atoms with E-state index in [1.807, 2.05) is 0 Å². The van der Waals surface area contributed by atoms with E-state index in [4.69, 9.17) is 9.84 Å². The molecule has 0 atom stereocenters. The lowest BCUT2D eigenvalue weighted by molar-refractivity contribution is -0.131. The van der Waals surface area contributed by atoms with Crippen molar-refractivity contribution < 1.29 is 19.0 Å². The lowest BCUT2D eigenvalue weighted by atomic mass is 10.2. The fourth-order valence-electron chi connectivity index (χ4n) is 1.60. The molecule has 0 aliphatic rings. The second kappa shape index (κ2) is 6.47. The third kappa shape index (κ3) is 3.65. The molecule has 2 aromatic rings. The molecule has 0 amide bonds. The second-order valence-electron chi connectivity index (χ2n) is 3.94. The summed E-state index contributed by atoms with van der Waals surface area (Å²) < 4.78 is 19.2. The smallest absolute Gasteiger partial charge is 0.328 e. The van der Waals surface area contributed by atoms with E-state index < -0.39 is 11.8 Å². The van der Waals surface area contributed by atoms with Gasteiger partial charge in [0.2, 0.25) is 0 Å². The van der Waals surface area contributed by atoms with Crippen molar-refractivity contribution in [1.29, 1.82) is 0 Å². The maximum Gasteiger partial charge on any atom is 0.328 e. The number of halogens is 1. The van der Waals surface area contributed by atoms with Gasteiger partial charge < -0.3 is 9.84 Å². The molecule has 2 rings (SSSR count). The van der Waals surface area contributed by atoms with Crippen molar-refractivity contribution in [3.05, 3.63) is 65.7 Å². The summed E-state index contributed by atoms with van der Waals surface area (Å²) in [6, 6.07) is 9.66. The summed E-state index contributed by atoms with van der Waals surface area (Å²) in [6.45, 7) is 0.107. The molecule has 1 heterocycles. The number of ether oxygens (including phenoxy) is 1. The molecule has 0 bridgehead atoms. The van der Waals surface area contributed by atoms with Crippen LogP contribution >= 0.6 is 0 Å². The second-order valence-corrected chi connectivity index (χ2v) is 3.94. The lowest BCUT2D eigenvalue weighted by Crippen LogP contribution is -2.01. The van der Waals surface area contributed by atoms with Crippen LogP contribution in [0.25, 0.3) is 6.08 Å². The summed E-state index contributed by atoms with van der Waals surface area (Å²) >= 11 is 0. The Labute approximate surface area is 115 Å². The van der Waals surface area contributed by atoms with Gasteiger partial charge in [-0.2, -0.15) is 0 Å². The summed E-state index contributed by atoms with van der Waals surface area (Å²) in [5.74, 6) is -1.64. The van der Waals surface area contributed by atoms with Crippen LogP contribution in [0.3, 0.4) is 0 Å². The van der Waals surface area contributed by atoms with Crippen LogP contribution in [0.2, 0.25) is 0 Å². The Morgan fingerprint density at radius 2 is 2.15 bits per heavy atom. The van der Waals surface area contributed by atoms with E-state index in [9.17, 15) is 9.18 Å². The number of carboxylic acids is 1. The van der Waals surface area contributed by atoms with E-state index in [0.717, 1.165) is 6.08 Å². The van der Waals surface area contributed by atoms with Gasteiger partial charge in [0.1, 0.15) is 6.61 Å². The Hall–Kier alpha value is -2.69. The van der Waals surface area contributed by atoms with E-state index in [1.54, 1.807) is 30.5 Å². The van der Waals surface area contributed by atoms with Gasteiger partial charge in [0.15, 0.2) is 11.6 Å². The van der Waals surface area contributed by atoms with Gasteiger partial charge in [0.25, 0.3) is 0 Å². The average molecular weight is 273 g/mol. The molecule has 0 aliphatic carbocycles. The van der Waals surface area contributed by atoms with Gasteiger partial charge in [-0.25, -0.2) is 9.18 Å². The molecule has 0 spiro atoms. The maximum atomic E-state index is 13.8. The first kappa shape index (κ1) is 13.7. The van der Waals surface area contributed by atoms with E-state index in [2.05, 4.69) is 4.98 Å². The van der Waals surface area contributed by atoms with Crippen molar-refractivity contribution in [2.75, 3.05) is 0 Å². The number of para-hydroxylation sites is 1. The first-order valence-electron chi connectivity index (χ1n) is 5.89. The maximum absolute atomic E-state index is 13.8. The Balaban J connectivity index is 2.19. The third-order valence-electron chi connectivity index (χ3n) is 2.49. The SMILES string of the molecule is O=C(O)/C=C/c1cccc(F)c1OCc1ccccn1. The Morgan fingerprint density at radius 3 is 2.85 bits per heavy atom. The number of carbonyl (C=O) groups is 1. The van der Waals surface area contributed by atoms with Crippen LogP contribution in [0.4, 0.5) is 4.39 Å². The molecule has 0 radical (unpaired) electrons. The summed E-state index contributed by atoms with van der Waals surface area (Å²) in [5, 5.41) is 8.61. The number of nitrogens with zero attached hydrogens (tertiary/aromatic N) is 1. The molecule has 5 heteroatoms. The summed E-state index contributed by atoms with van der Waals surface area (Å²) in [4.78, 5) is 14.6. The van der Waals surface area contributed by atoms with Crippen molar-refractivity contribution in [2.24, 2.45) is 0 Å². The predicted molar refractivity (Wildman–Crippen MR) is 71.6 cm³/mol. The molecule has 102 valence electrons. The molecule has 20 heavy (non-hydrogen) atoms. The molecular weight excluding hydrogens is 261 g/mol. The molecule has 0 fully saturated rings. The molecule has 4 nitrogen and oxygen atoms in total. The van der Waals surface area contributed by atoms with Crippen molar-refractivity contribution in [3.63, 3.8) is 0 Å². The lowest BCUT2D eigenvalue weighted by Gasteiger charge is -2.09. The van der Waals surface area contributed by atoms with Gasteiger partial charge in [-0.1, -0.05) is 18.2 Å². The quantitative estimate of drug-likeness (QED) is 0.851. The molecule has 1 aromatic carbocycles. The normalized spacial score (nSPS) is 10.7. The minimum atomic E-state index is -1.11. The van der Waals surface area contributed by atoms with E-state index in [0.29, 0.717) is 11.3 Å². The Morgan fingerprint density at radius 1 is 1.30 bits per heavy atom. The van der Waals surface area contributed by atoms with Crippen LogP contribution in [0, 0.1) is 5.82 Å². The molecule has 0 saturated heterocycles. The number of aliphatic carboxylic acids is 1. The number of hydrogen-bond acceptors (Lipinski definition) is 3. The van der Waals surface area contributed by atoms with Crippen LogP contribution in [0.5, 0.6) is 5.75 Å². The molecule has 1 aromatic heterocycles. The third-order valence-corrected chi connectivity index (χ3v) is 2.49. The number of rotatable bonds is 5. The molecule has 0 unspecified atom stereocenters. The van der Waals surface area contributed by atoms with Crippen LogP contribution in [-0.4, -0.2) is 16.1 Å². The Kier molecular flexibility index (Phi) is 4.44. The number of benzene rings is 1. The zero-order valence-corrected chi connectivity index (χ0v) is 10.5. The topological polar surface area (TPSA) is 59.4 Å². The Bertz CT molecular complexity index is 626. The highest BCUT2D eigenvalue weighted by atomic mass is 19.1. The van der Waals surface area contributed by atoms with Gasteiger partial charge in [-0.05, 0) is 24.3 Å². The fraction of sp³-hybridized carbons (Fsp3) is 0.0667. The van der Waals surface area contributed by atoms with Crippen LogP contribution in [0.15, 0.2) is 48.7 Å². The van der Waals surface area contributed by atoms with Gasteiger partial charge in [0, 0.05) is 17.8 Å². The van der Waals surface area contributed by atoms with Gasteiger partial charge >= 0.3 is 5.97 Å². The minimum absolute atomic E-state index is 0.00986. The molecule has 0 saturated carbocycles. The van der Waals surface area contributed by atoms with Crippen molar-refractivity contribution in [3.8, 4) is 5.75 Å². The molecule has 1 N–H and O–H groups in total. The van der Waals surface area contributed by atoms with Crippen molar-refractivity contribution in [1.82, 2.24) is 4.98 Å². The average Bonchev–Trinajstić information content (AvgIpc) is 2.45. The predicted octanol–water partition coefficient (Wildman–Crippen LogP) is 2.90. The minimum Gasteiger partial charge on any atom is -0.484 e. The fourth-order valence-corrected chi connectivity index (χ4v) is 1.60. The molecule has 0 aliphatic heterocycles. The standard InChI is InChI=1S/C15H12FNO3/c16-13-6-3-4-11(7-8-14(18)19)15(13)20-10-12-5-1-2-9-17-12/h1-9H,10H2,(H,18,19)/b8-7+. The van der Waals surface area contributed by atoms with E-state index in [-0.39, 0.29) is 12.4 Å². The van der Waals surface area contributed by atoms with E-state index in [1.165, 1.54) is 18.2 Å². The highest BCUT2D eigenvalue weighted by Crippen LogP contribution is 2.24. The highest BCUT2D eigenvalue weighted by Gasteiger charge is 2.08. The first-order valence-corrected chi connectivity index (χ1v) is 5.89. The van der Waals surface area contributed by atoms with Crippen molar-refractivity contribution in [2.45, 2.75) is 6.61 Å². The zero-order chi connectivity index (χ0) is 14.4. The number of pyridine rings is 1. The van der Waals surface area contributed by atoms with Crippen LogP contribution in [0.1, 0.15) is 11.3 Å². The van der Waals surface area contributed by atoms with Gasteiger partial charge in [-0.15, -0.1) is 0 Å². The van der Waals surface area contributed by atoms with Gasteiger partial charge in [0.05, 0.1) is 5.69 Å². The van der Waals surface area contributed by atoms with Gasteiger partial charge in [-0.3, -0.25) is 4.98 Å². The van der Waals surface area contributed by atoms with Crippen LogP contribution in [-0.2, 0) is 11.4 Å². The number of carboxylic acid groups (broad SMARTS) is 1. The molecular formula is C15H12FNO3. The summed E-state index contributed by atoms with van der Waals surface area (Å²) in [7, 11) is 0. The first-order chi connectivity index (χ1) is 9.66. The largest absolute Gasteiger partial charge is 0.484 e. The van der Waals surface area contributed by atoms with Crippen LogP contribution < -0.4 is 4.74 Å². The summed E-state index contributed by atoms with van der Waals surface area (Å²) in [5.41, 5.74) is 1.02. The monoisotopic (exact) mass is 273 g/mol. The number of hydrogen-bond donors (Lipinski definition) is 1. The highest BCUT2D eigenvalue weighted by molar-refractivity contribution is 5.85.